The SMILES string of the molecule is COc1ccc(NC(C)=O)cc1NC(=O)/C=C/c1c(Cl)nc2sccn12. The van der Waals surface area contributed by atoms with Crippen LogP contribution in [0.5, 0.6) is 5.75 Å². The summed E-state index contributed by atoms with van der Waals surface area (Å²) in [6, 6.07) is 4.97. The van der Waals surface area contributed by atoms with Gasteiger partial charge in [0.15, 0.2) is 10.1 Å². The smallest absolute Gasteiger partial charge is 0.248 e. The number of imidazole rings is 1. The molecule has 7 nitrogen and oxygen atoms in total. The molecule has 0 unspecified atom stereocenters. The Morgan fingerprint density at radius 2 is 2.15 bits per heavy atom. The lowest BCUT2D eigenvalue weighted by molar-refractivity contribution is -0.114. The molecule has 9 heteroatoms. The van der Waals surface area contributed by atoms with E-state index in [-0.39, 0.29) is 11.8 Å². The van der Waals surface area contributed by atoms with Gasteiger partial charge in [0.05, 0.1) is 18.5 Å². The van der Waals surface area contributed by atoms with Crippen molar-refractivity contribution in [2.24, 2.45) is 0 Å². The summed E-state index contributed by atoms with van der Waals surface area (Å²) in [7, 11) is 1.50. The molecule has 3 rings (SSSR count). The van der Waals surface area contributed by atoms with Crippen LogP contribution in [0.2, 0.25) is 5.15 Å². The number of nitrogens with zero attached hydrogens (tertiary/aromatic N) is 2. The number of halogens is 1. The van der Waals surface area contributed by atoms with Crippen molar-refractivity contribution in [2.75, 3.05) is 17.7 Å². The monoisotopic (exact) mass is 390 g/mol. The Labute approximate surface area is 158 Å². The molecule has 1 aromatic carbocycles. The highest BCUT2D eigenvalue weighted by molar-refractivity contribution is 7.15. The third-order valence-corrected chi connectivity index (χ3v) is 4.46. The van der Waals surface area contributed by atoms with E-state index in [1.807, 2.05) is 11.6 Å². The second kappa shape index (κ2) is 7.59. The van der Waals surface area contributed by atoms with Gasteiger partial charge in [0.2, 0.25) is 11.8 Å². The summed E-state index contributed by atoms with van der Waals surface area (Å²) in [6.07, 6.45) is 4.78. The van der Waals surface area contributed by atoms with E-state index in [1.165, 1.54) is 31.4 Å². The van der Waals surface area contributed by atoms with Crippen LogP contribution in [0.4, 0.5) is 11.4 Å². The maximum Gasteiger partial charge on any atom is 0.248 e. The molecule has 2 amide bonds. The Morgan fingerprint density at radius 1 is 1.35 bits per heavy atom. The fourth-order valence-corrected chi connectivity index (χ4v) is 3.35. The lowest BCUT2D eigenvalue weighted by atomic mass is 10.2. The largest absolute Gasteiger partial charge is 0.495 e. The second-order valence-corrected chi connectivity index (χ2v) is 6.49. The van der Waals surface area contributed by atoms with Gasteiger partial charge < -0.3 is 15.4 Å². The summed E-state index contributed by atoms with van der Waals surface area (Å²) in [5.41, 5.74) is 1.61. The molecule has 0 spiro atoms. The summed E-state index contributed by atoms with van der Waals surface area (Å²) < 4.78 is 7.04. The first-order valence-corrected chi connectivity index (χ1v) is 8.79. The predicted molar refractivity (Wildman–Crippen MR) is 103 cm³/mol. The number of methoxy groups -OCH3 is 1. The summed E-state index contributed by atoms with van der Waals surface area (Å²) in [4.78, 5) is 28.4. The molecular formula is C17H15ClN4O3S. The van der Waals surface area contributed by atoms with Crippen LogP contribution in [0, 0.1) is 0 Å². The quantitative estimate of drug-likeness (QED) is 0.651. The molecule has 2 heterocycles. The van der Waals surface area contributed by atoms with Gasteiger partial charge in [-0.3, -0.25) is 14.0 Å². The van der Waals surface area contributed by atoms with Crippen molar-refractivity contribution < 1.29 is 14.3 Å². The number of amides is 2. The van der Waals surface area contributed by atoms with E-state index in [4.69, 9.17) is 16.3 Å². The molecule has 134 valence electrons. The van der Waals surface area contributed by atoms with Crippen molar-refractivity contribution in [1.29, 1.82) is 0 Å². The molecule has 0 atom stereocenters. The maximum atomic E-state index is 12.3. The number of benzene rings is 1. The number of carbonyl (C=O) groups excluding carboxylic acids is 2. The van der Waals surface area contributed by atoms with Crippen LogP contribution >= 0.6 is 22.9 Å². The van der Waals surface area contributed by atoms with E-state index in [9.17, 15) is 9.59 Å². The minimum Gasteiger partial charge on any atom is -0.495 e. The average Bonchev–Trinajstić information content (AvgIpc) is 3.13. The molecule has 0 aliphatic rings. The summed E-state index contributed by atoms with van der Waals surface area (Å²) in [5.74, 6) is -0.101. The fraction of sp³-hybridized carbons (Fsp3) is 0.118. The summed E-state index contributed by atoms with van der Waals surface area (Å²) in [5, 5.41) is 7.59. The van der Waals surface area contributed by atoms with E-state index in [0.717, 1.165) is 4.96 Å². The molecule has 0 saturated carbocycles. The lowest BCUT2D eigenvalue weighted by Gasteiger charge is -2.11. The van der Waals surface area contributed by atoms with E-state index in [0.29, 0.717) is 28.0 Å². The Kier molecular flexibility index (Phi) is 5.24. The highest BCUT2D eigenvalue weighted by Crippen LogP contribution is 2.28. The molecule has 3 aromatic rings. The topological polar surface area (TPSA) is 84.7 Å². The minimum absolute atomic E-state index is 0.206. The molecule has 0 saturated heterocycles. The van der Waals surface area contributed by atoms with Gasteiger partial charge >= 0.3 is 0 Å². The lowest BCUT2D eigenvalue weighted by Crippen LogP contribution is -2.11. The van der Waals surface area contributed by atoms with Crippen LogP contribution < -0.4 is 15.4 Å². The van der Waals surface area contributed by atoms with E-state index < -0.39 is 0 Å². The standard InChI is InChI=1S/C17H15ClN4O3S/c1-10(23)19-11-3-5-14(25-2)12(9-11)20-15(24)6-4-13-16(18)21-17-22(13)7-8-26-17/h3-9H,1-2H3,(H,19,23)(H,20,24)/b6-4+. The molecule has 0 radical (unpaired) electrons. The Bertz CT molecular complexity index is 1010. The van der Waals surface area contributed by atoms with Gasteiger partial charge in [-0.05, 0) is 24.3 Å². The molecule has 0 fully saturated rings. The van der Waals surface area contributed by atoms with Gasteiger partial charge in [0, 0.05) is 30.3 Å². The fourth-order valence-electron chi connectivity index (χ4n) is 2.34. The average molecular weight is 391 g/mol. The van der Waals surface area contributed by atoms with Crippen molar-refractivity contribution in [3.63, 3.8) is 0 Å². The first-order valence-electron chi connectivity index (χ1n) is 7.53. The van der Waals surface area contributed by atoms with E-state index >= 15 is 0 Å². The van der Waals surface area contributed by atoms with Crippen LogP contribution in [-0.4, -0.2) is 28.3 Å². The van der Waals surface area contributed by atoms with Crippen LogP contribution in [0.25, 0.3) is 11.0 Å². The molecule has 26 heavy (non-hydrogen) atoms. The van der Waals surface area contributed by atoms with Gasteiger partial charge in [-0.25, -0.2) is 4.98 Å². The van der Waals surface area contributed by atoms with E-state index in [2.05, 4.69) is 15.6 Å². The zero-order valence-corrected chi connectivity index (χ0v) is 15.5. The number of nitrogens with one attached hydrogen (secondary N) is 2. The number of carbonyl (C=O) groups is 2. The third-order valence-electron chi connectivity index (χ3n) is 3.42. The second-order valence-electron chi connectivity index (χ2n) is 5.26. The molecule has 0 aliphatic carbocycles. The van der Waals surface area contributed by atoms with Crippen molar-refractivity contribution in [3.05, 3.63) is 46.7 Å². The molecule has 0 aliphatic heterocycles. The number of aromatic nitrogens is 2. The number of rotatable bonds is 5. The first-order chi connectivity index (χ1) is 12.5. The summed E-state index contributed by atoms with van der Waals surface area (Å²) >= 11 is 7.55. The van der Waals surface area contributed by atoms with Crippen LogP contribution in [0.15, 0.2) is 35.9 Å². The maximum absolute atomic E-state index is 12.3. The van der Waals surface area contributed by atoms with Gasteiger partial charge in [-0.15, -0.1) is 11.3 Å². The van der Waals surface area contributed by atoms with Gasteiger partial charge in [0.1, 0.15) is 5.75 Å². The zero-order valence-electron chi connectivity index (χ0n) is 13.9. The number of thiazole rings is 1. The van der Waals surface area contributed by atoms with Gasteiger partial charge in [-0.1, -0.05) is 11.6 Å². The molecule has 0 bridgehead atoms. The number of fused-ring (bicyclic) bond motifs is 1. The molecule has 2 aromatic heterocycles. The number of hydrogen-bond acceptors (Lipinski definition) is 5. The highest BCUT2D eigenvalue weighted by Gasteiger charge is 2.10. The van der Waals surface area contributed by atoms with Crippen LogP contribution in [-0.2, 0) is 9.59 Å². The number of hydrogen-bond donors (Lipinski definition) is 2. The predicted octanol–water partition coefficient (Wildman–Crippen LogP) is 3.67. The first kappa shape index (κ1) is 18.0. The number of anilines is 2. The molecular weight excluding hydrogens is 376 g/mol. The van der Waals surface area contributed by atoms with Gasteiger partial charge in [0.25, 0.3) is 0 Å². The molecule has 2 N–H and O–H groups in total. The van der Waals surface area contributed by atoms with Crippen molar-refractivity contribution in [3.8, 4) is 5.75 Å². The van der Waals surface area contributed by atoms with E-state index in [1.54, 1.807) is 28.7 Å². The van der Waals surface area contributed by atoms with Crippen LogP contribution in [0.1, 0.15) is 12.6 Å². The Balaban J connectivity index is 1.80. The zero-order chi connectivity index (χ0) is 18.7. The number of ether oxygens (including phenoxy) is 1. The highest BCUT2D eigenvalue weighted by atomic mass is 35.5. The van der Waals surface area contributed by atoms with Gasteiger partial charge in [-0.2, -0.15) is 0 Å². The van der Waals surface area contributed by atoms with Crippen molar-refractivity contribution in [2.45, 2.75) is 6.92 Å². The van der Waals surface area contributed by atoms with Crippen molar-refractivity contribution >= 4 is 57.2 Å². The minimum atomic E-state index is -0.371. The van der Waals surface area contributed by atoms with Crippen LogP contribution in [0.3, 0.4) is 0 Å². The third kappa shape index (κ3) is 3.87. The Morgan fingerprint density at radius 3 is 2.88 bits per heavy atom. The summed E-state index contributed by atoms with van der Waals surface area (Å²) in [6.45, 7) is 1.41. The normalized spacial score (nSPS) is 11.0. The Hall–Kier alpha value is -2.84. The van der Waals surface area contributed by atoms with Crippen molar-refractivity contribution in [1.82, 2.24) is 9.38 Å².